The van der Waals surface area contributed by atoms with Crippen LogP contribution in [-0.4, -0.2) is 35.8 Å². The number of amides is 2. The van der Waals surface area contributed by atoms with Crippen molar-refractivity contribution in [1.82, 2.24) is 20.2 Å². The van der Waals surface area contributed by atoms with E-state index >= 15 is 0 Å². The zero-order valence-corrected chi connectivity index (χ0v) is 14.0. The number of imidazole rings is 1. The molecular weight excluding hydrogens is 304 g/mol. The molecule has 1 saturated carbocycles. The summed E-state index contributed by atoms with van der Waals surface area (Å²) in [5.41, 5.74) is 1.17. The molecule has 3 rings (SSSR count). The van der Waals surface area contributed by atoms with Gasteiger partial charge in [-0.25, -0.2) is 9.78 Å². The van der Waals surface area contributed by atoms with Crippen LogP contribution in [0.15, 0.2) is 36.7 Å². The lowest BCUT2D eigenvalue weighted by Crippen LogP contribution is -2.38. The molecule has 6 heteroatoms. The van der Waals surface area contributed by atoms with Crippen LogP contribution in [0.25, 0.3) is 0 Å². The van der Waals surface area contributed by atoms with E-state index in [2.05, 4.69) is 20.2 Å². The molecule has 0 spiro atoms. The first-order valence-corrected chi connectivity index (χ1v) is 8.42. The molecular formula is C18H24N4O2. The Morgan fingerprint density at radius 1 is 1.25 bits per heavy atom. The average Bonchev–Trinajstić information content (AvgIpc) is 3.34. The molecule has 128 valence electrons. The Labute approximate surface area is 142 Å². The van der Waals surface area contributed by atoms with Gasteiger partial charge in [-0.15, -0.1) is 0 Å². The molecule has 1 heterocycles. The van der Waals surface area contributed by atoms with Crippen LogP contribution < -0.4 is 15.4 Å². The van der Waals surface area contributed by atoms with E-state index in [1.165, 1.54) is 18.4 Å². The fourth-order valence-electron chi connectivity index (χ4n) is 2.68. The van der Waals surface area contributed by atoms with Gasteiger partial charge in [-0.3, -0.25) is 0 Å². The van der Waals surface area contributed by atoms with Crippen molar-refractivity contribution in [3.8, 4) is 5.75 Å². The van der Waals surface area contributed by atoms with E-state index in [4.69, 9.17) is 4.74 Å². The van der Waals surface area contributed by atoms with Crippen molar-refractivity contribution in [2.24, 2.45) is 0 Å². The van der Waals surface area contributed by atoms with Gasteiger partial charge in [0.25, 0.3) is 0 Å². The van der Waals surface area contributed by atoms with Crippen LogP contribution in [0.4, 0.5) is 4.79 Å². The van der Waals surface area contributed by atoms with Crippen molar-refractivity contribution in [2.75, 3.05) is 20.2 Å². The molecule has 0 unspecified atom stereocenters. The van der Waals surface area contributed by atoms with E-state index in [9.17, 15) is 4.79 Å². The molecule has 2 aromatic rings. The van der Waals surface area contributed by atoms with Gasteiger partial charge < -0.3 is 19.9 Å². The molecule has 2 N–H and O–H groups in total. The molecule has 24 heavy (non-hydrogen) atoms. The van der Waals surface area contributed by atoms with E-state index in [0.29, 0.717) is 19.0 Å². The first kappa shape index (κ1) is 16.4. The third kappa shape index (κ3) is 4.50. The highest BCUT2D eigenvalue weighted by Crippen LogP contribution is 2.38. The molecule has 0 aliphatic heterocycles. The molecule has 0 radical (unpaired) electrons. The third-order valence-corrected chi connectivity index (χ3v) is 4.19. The number of carbonyl (C=O) groups is 1. The van der Waals surface area contributed by atoms with Crippen molar-refractivity contribution in [2.45, 2.75) is 31.7 Å². The molecule has 1 aromatic carbocycles. The third-order valence-electron chi connectivity index (χ3n) is 4.19. The number of hydrogen-bond acceptors (Lipinski definition) is 3. The second kappa shape index (κ2) is 7.86. The number of methoxy groups -OCH3 is 1. The predicted octanol–water partition coefficient (Wildman–Crippen LogP) is 2.31. The summed E-state index contributed by atoms with van der Waals surface area (Å²) in [6, 6.07) is 7.75. The van der Waals surface area contributed by atoms with Crippen LogP contribution in [0.1, 0.15) is 30.1 Å². The molecule has 1 aliphatic rings. The Bertz CT molecular complexity index is 662. The van der Waals surface area contributed by atoms with E-state index in [0.717, 1.165) is 24.5 Å². The van der Waals surface area contributed by atoms with Crippen LogP contribution in [0.5, 0.6) is 5.75 Å². The summed E-state index contributed by atoms with van der Waals surface area (Å²) in [5, 5.41) is 5.78. The Morgan fingerprint density at radius 3 is 2.71 bits per heavy atom. The SMILES string of the molecule is COc1ccc(CCNC(=O)NCCn2ccnc2C2CC2)cc1. The lowest BCUT2D eigenvalue weighted by Gasteiger charge is -2.10. The predicted molar refractivity (Wildman–Crippen MR) is 92.3 cm³/mol. The van der Waals surface area contributed by atoms with Gasteiger partial charge in [-0.1, -0.05) is 12.1 Å². The fourth-order valence-corrected chi connectivity index (χ4v) is 2.68. The topological polar surface area (TPSA) is 68.2 Å². The van der Waals surface area contributed by atoms with Crippen molar-refractivity contribution >= 4 is 6.03 Å². The number of urea groups is 1. The molecule has 1 aliphatic carbocycles. The number of nitrogens with one attached hydrogen (secondary N) is 2. The lowest BCUT2D eigenvalue weighted by atomic mass is 10.1. The molecule has 2 amide bonds. The monoisotopic (exact) mass is 328 g/mol. The summed E-state index contributed by atoms with van der Waals surface area (Å²) < 4.78 is 7.26. The van der Waals surface area contributed by atoms with Crippen LogP contribution in [0.2, 0.25) is 0 Å². The van der Waals surface area contributed by atoms with Gasteiger partial charge >= 0.3 is 6.03 Å². The summed E-state index contributed by atoms with van der Waals surface area (Å²) in [6.45, 7) is 1.97. The summed E-state index contributed by atoms with van der Waals surface area (Å²) >= 11 is 0. The first-order chi connectivity index (χ1) is 11.8. The molecule has 0 saturated heterocycles. The normalized spacial score (nSPS) is 13.5. The highest BCUT2D eigenvalue weighted by Gasteiger charge is 2.27. The minimum atomic E-state index is -0.128. The van der Waals surface area contributed by atoms with Crippen LogP contribution in [0.3, 0.4) is 0 Å². The van der Waals surface area contributed by atoms with Gasteiger partial charge in [0.1, 0.15) is 11.6 Å². The van der Waals surface area contributed by atoms with E-state index in [-0.39, 0.29) is 6.03 Å². The van der Waals surface area contributed by atoms with Gasteiger partial charge in [0.05, 0.1) is 7.11 Å². The number of aromatic nitrogens is 2. The maximum atomic E-state index is 11.8. The highest BCUT2D eigenvalue weighted by atomic mass is 16.5. The van der Waals surface area contributed by atoms with E-state index in [1.54, 1.807) is 7.11 Å². The van der Waals surface area contributed by atoms with Crippen molar-refractivity contribution in [3.05, 3.63) is 48.0 Å². The molecule has 6 nitrogen and oxygen atoms in total. The number of carbonyl (C=O) groups excluding carboxylic acids is 1. The summed E-state index contributed by atoms with van der Waals surface area (Å²) in [5.74, 6) is 2.62. The summed E-state index contributed by atoms with van der Waals surface area (Å²) in [4.78, 5) is 16.2. The molecule has 1 fully saturated rings. The minimum absolute atomic E-state index is 0.128. The minimum Gasteiger partial charge on any atom is -0.497 e. The zero-order chi connectivity index (χ0) is 16.8. The average molecular weight is 328 g/mol. The first-order valence-electron chi connectivity index (χ1n) is 8.42. The van der Waals surface area contributed by atoms with Crippen molar-refractivity contribution in [1.29, 1.82) is 0 Å². The second-order valence-corrected chi connectivity index (χ2v) is 6.03. The van der Waals surface area contributed by atoms with Crippen LogP contribution in [0, 0.1) is 0 Å². The van der Waals surface area contributed by atoms with Crippen molar-refractivity contribution < 1.29 is 9.53 Å². The summed E-state index contributed by atoms with van der Waals surface area (Å²) in [6.07, 6.45) is 7.08. The zero-order valence-electron chi connectivity index (χ0n) is 14.0. The highest BCUT2D eigenvalue weighted by molar-refractivity contribution is 5.73. The maximum absolute atomic E-state index is 11.8. The quantitative estimate of drug-likeness (QED) is 0.781. The fraction of sp³-hybridized carbons (Fsp3) is 0.444. The van der Waals surface area contributed by atoms with E-state index < -0.39 is 0 Å². The van der Waals surface area contributed by atoms with Gasteiger partial charge in [0, 0.05) is 37.9 Å². The van der Waals surface area contributed by atoms with Crippen LogP contribution >= 0.6 is 0 Å². The Balaban J connectivity index is 1.33. The number of ether oxygens (including phenoxy) is 1. The largest absolute Gasteiger partial charge is 0.497 e. The Morgan fingerprint density at radius 2 is 2.00 bits per heavy atom. The number of nitrogens with zero attached hydrogens (tertiary/aromatic N) is 2. The van der Waals surface area contributed by atoms with Gasteiger partial charge in [-0.05, 0) is 37.0 Å². The summed E-state index contributed by atoms with van der Waals surface area (Å²) in [7, 11) is 1.65. The van der Waals surface area contributed by atoms with Gasteiger partial charge in [0.15, 0.2) is 0 Å². The van der Waals surface area contributed by atoms with Gasteiger partial charge in [-0.2, -0.15) is 0 Å². The number of hydrogen-bond donors (Lipinski definition) is 2. The molecule has 1 aromatic heterocycles. The number of rotatable bonds is 8. The second-order valence-electron chi connectivity index (χ2n) is 6.03. The van der Waals surface area contributed by atoms with Crippen LogP contribution in [-0.2, 0) is 13.0 Å². The van der Waals surface area contributed by atoms with E-state index in [1.807, 2.05) is 36.7 Å². The smallest absolute Gasteiger partial charge is 0.314 e. The molecule has 0 atom stereocenters. The Hall–Kier alpha value is -2.50. The number of benzene rings is 1. The van der Waals surface area contributed by atoms with Gasteiger partial charge in [0.2, 0.25) is 0 Å². The standard InChI is InChI=1S/C18H24N4O2/c1-24-16-6-2-14(3-7-16)8-9-20-18(23)21-11-13-22-12-10-19-17(22)15-4-5-15/h2-3,6-7,10,12,15H,4-5,8-9,11,13H2,1H3,(H2,20,21,23). The molecule has 0 bridgehead atoms. The Kier molecular flexibility index (Phi) is 5.36. The van der Waals surface area contributed by atoms with Crippen molar-refractivity contribution in [3.63, 3.8) is 0 Å². The maximum Gasteiger partial charge on any atom is 0.314 e. The lowest BCUT2D eigenvalue weighted by molar-refractivity contribution is 0.240.